The van der Waals surface area contributed by atoms with Gasteiger partial charge in [-0.05, 0) is 23.8 Å². The van der Waals surface area contributed by atoms with Gasteiger partial charge in [0.2, 0.25) is 0 Å². The molecule has 5 N–H and O–H groups in total. The molecule has 8 nitrogen and oxygen atoms in total. The summed E-state index contributed by atoms with van der Waals surface area (Å²) in [5.74, 6) is 0.395. The molecule has 0 saturated carbocycles. The molecule has 0 spiro atoms. The van der Waals surface area contributed by atoms with Gasteiger partial charge in [-0.3, -0.25) is 15.6 Å². The summed E-state index contributed by atoms with van der Waals surface area (Å²) in [7, 11) is 0. The highest BCUT2D eigenvalue weighted by atomic mass is 35.5. The Morgan fingerprint density at radius 2 is 1.96 bits per heavy atom. The van der Waals surface area contributed by atoms with Gasteiger partial charge in [0.1, 0.15) is 12.0 Å². The number of carbonyl (C=O) groups is 1. The molecule has 3 aromatic rings. The van der Waals surface area contributed by atoms with E-state index in [1.54, 1.807) is 12.1 Å². The van der Waals surface area contributed by atoms with Gasteiger partial charge in [-0.1, -0.05) is 29.8 Å². The fourth-order valence-corrected chi connectivity index (χ4v) is 2.24. The summed E-state index contributed by atoms with van der Waals surface area (Å²) < 4.78 is 5.00. The van der Waals surface area contributed by atoms with Crippen LogP contribution in [0.2, 0.25) is 5.02 Å². The molecule has 0 aliphatic heterocycles. The smallest absolute Gasteiger partial charge is 0.305 e. The molecule has 1 aromatic carbocycles. The van der Waals surface area contributed by atoms with Crippen LogP contribution in [-0.2, 0) is 6.54 Å². The lowest BCUT2D eigenvalue weighted by molar-refractivity contribution is 0.0935. The number of hydrogen-bond donors (Lipinski definition) is 4. The van der Waals surface area contributed by atoms with E-state index >= 15 is 0 Å². The third-order valence-electron chi connectivity index (χ3n) is 3.33. The van der Waals surface area contributed by atoms with Crippen molar-refractivity contribution in [1.82, 2.24) is 15.4 Å². The minimum atomic E-state index is -0.450. The van der Waals surface area contributed by atoms with E-state index < -0.39 is 5.91 Å². The lowest BCUT2D eigenvalue weighted by atomic mass is 10.2. The predicted molar refractivity (Wildman–Crippen MR) is 95.0 cm³/mol. The Bertz CT molecular complexity index is 869. The third-order valence-corrected chi connectivity index (χ3v) is 3.70. The number of nitrogens with one attached hydrogen (secondary N) is 3. The summed E-state index contributed by atoms with van der Waals surface area (Å²) in [5, 5.41) is 3.74. The molecule has 0 aliphatic carbocycles. The van der Waals surface area contributed by atoms with E-state index in [2.05, 4.69) is 26.1 Å². The van der Waals surface area contributed by atoms with Crippen LogP contribution in [0.1, 0.15) is 16.1 Å². The number of benzene rings is 1. The molecule has 0 radical (unpaired) electrons. The second-order valence-corrected chi connectivity index (χ2v) is 5.39. The molecule has 0 unspecified atom stereocenters. The first-order valence-electron chi connectivity index (χ1n) is 7.33. The molecule has 0 aliphatic rings. The zero-order valence-electron chi connectivity index (χ0n) is 13.0. The van der Waals surface area contributed by atoms with Crippen LogP contribution in [0.3, 0.4) is 0 Å². The molecule has 1 amide bonds. The number of aromatic nitrogens is 2. The summed E-state index contributed by atoms with van der Waals surface area (Å²) in [4.78, 5) is 19.9. The molecule has 3 rings (SSSR count). The molecule has 128 valence electrons. The lowest BCUT2D eigenvalue weighted by Crippen LogP contribution is -2.30. The fraction of sp³-hybridized carbons (Fsp3) is 0.0625. The molecule has 2 aromatic heterocycles. The maximum absolute atomic E-state index is 11.8. The van der Waals surface area contributed by atoms with Gasteiger partial charge in [-0.25, -0.2) is 9.97 Å². The van der Waals surface area contributed by atoms with E-state index in [4.69, 9.17) is 21.8 Å². The number of nitrogen functional groups attached to an aromatic ring is 1. The number of halogens is 1. The Balaban J connectivity index is 1.65. The highest BCUT2D eigenvalue weighted by molar-refractivity contribution is 6.31. The quantitative estimate of drug-likeness (QED) is 0.500. The summed E-state index contributed by atoms with van der Waals surface area (Å²) in [5.41, 5.74) is 12.3. The first-order valence-corrected chi connectivity index (χ1v) is 7.70. The van der Waals surface area contributed by atoms with Crippen LogP contribution in [0.5, 0.6) is 0 Å². The monoisotopic (exact) mass is 358 g/mol. The summed E-state index contributed by atoms with van der Waals surface area (Å²) >= 11 is 6.12. The van der Waals surface area contributed by atoms with Gasteiger partial charge in [0.05, 0.1) is 6.26 Å². The average molecular weight is 359 g/mol. The van der Waals surface area contributed by atoms with E-state index in [-0.39, 0.29) is 17.3 Å². The normalized spacial score (nSPS) is 10.3. The minimum Gasteiger partial charge on any atom is -0.459 e. The van der Waals surface area contributed by atoms with Crippen LogP contribution < -0.4 is 21.9 Å². The van der Waals surface area contributed by atoms with Crippen molar-refractivity contribution in [2.75, 3.05) is 16.5 Å². The summed E-state index contributed by atoms with van der Waals surface area (Å²) in [6.07, 6.45) is 2.73. The van der Waals surface area contributed by atoms with E-state index in [1.165, 1.54) is 18.7 Å². The highest BCUT2D eigenvalue weighted by Crippen LogP contribution is 2.23. The predicted octanol–water partition coefficient (Wildman–Crippen LogP) is 2.67. The summed E-state index contributed by atoms with van der Waals surface area (Å²) in [6, 6.07) is 10.6. The van der Waals surface area contributed by atoms with Gasteiger partial charge in [0, 0.05) is 11.6 Å². The first kappa shape index (κ1) is 16.6. The van der Waals surface area contributed by atoms with Gasteiger partial charge in [-0.15, -0.1) is 0 Å². The van der Waals surface area contributed by atoms with Crippen molar-refractivity contribution in [3.8, 4) is 0 Å². The van der Waals surface area contributed by atoms with Crippen LogP contribution in [-0.4, -0.2) is 15.9 Å². The fourth-order valence-electron chi connectivity index (χ4n) is 2.04. The van der Waals surface area contributed by atoms with Crippen LogP contribution in [0.25, 0.3) is 0 Å². The Morgan fingerprint density at radius 1 is 1.16 bits per heavy atom. The minimum absolute atomic E-state index is 0.164. The van der Waals surface area contributed by atoms with Crippen molar-refractivity contribution in [2.45, 2.75) is 6.54 Å². The third kappa shape index (κ3) is 3.99. The molecular formula is C16H15ClN6O2. The molecule has 0 atom stereocenters. The molecular weight excluding hydrogens is 344 g/mol. The highest BCUT2D eigenvalue weighted by Gasteiger charge is 2.11. The van der Waals surface area contributed by atoms with Gasteiger partial charge < -0.3 is 15.5 Å². The Labute approximate surface area is 148 Å². The molecule has 0 fully saturated rings. The van der Waals surface area contributed by atoms with Crippen molar-refractivity contribution >= 4 is 34.8 Å². The Morgan fingerprint density at radius 3 is 2.72 bits per heavy atom. The van der Waals surface area contributed by atoms with Crippen molar-refractivity contribution in [3.05, 3.63) is 65.3 Å². The van der Waals surface area contributed by atoms with Gasteiger partial charge >= 0.3 is 5.91 Å². The second kappa shape index (κ2) is 7.54. The topological polar surface area (TPSA) is 118 Å². The van der Waals surface area contributed by atoms with Crippen LogP contribution in [0.15, 0.2) is 53.4 Å². The zero-order valence-corrected chi connectivity index (χ0v) is 13.7. The molecule has 0 saturated heterocycles. The maximum atomic E-state index is 11.8. The Kier molecular flexibility index (Phi) is 5.00. The number of rotatable bonds is 6. The maximum Gasteiger partial charge on any atom is 0.305 e. The number of furan rings is 1. The van der Waals surface area contributed by atoms with Crippen LogP contribution in [0, 0.1) is 0 Å². The Hall–Kier alpha value is -3.26. The number of hydrogen-bond acceptors (Lipinski definition) is 7. The van der Waals surface area contributed by atoms with Crippen molar-refractivity contribution in [1.29, 1.82) is 0 Å². The van der Waals surface area contributed by atoms with Crippen molar-refractivity contribution in [3.63, 3.8) is 0 Å². The van der Waals surface area contributed by atoms with Gasteiger partial charge in [0.25, 0.3) is 0 Å². The number of hydrazine groups is 1. The molecule has 0 bridgehead atoms. The molecule has 2 heterocycles. The van der Waals surface area contributed by atoms with E-state index in [0.717, 1.165) is 5.56 Å². The second-order valence-electron chi connectivity index (χ2n) is 4.99. The standard InChI is InChI=1S/C16H15ClN6O2/c17-11-5-2-1-4-10(11)8-19-14-13(18)15(21-9-20-14)22-23-16(24)12-6-3-7-25-12/h1-7,9H,8,18H2,(H,23,24)(H2,19,20,21,22). The summed E-state index contributed by atoms with van der Waals surface area (Å²) in [6.45, 7) is 0.444. The van der Waals surface area contributed by atoms with Gasteiger partial charge in [-0.2, -0.15) is 0 Å². The van der Waals surface area contributed by atoms with Crippen LogP contribution >= 0.6 is 11.6 Å². The largest absolute Gasteiger partial charge is 0.459 e. The number of nitrogens with zero attached hydrogens (tertiary/aromatic N) is 2. The van der Waals surface area contributed by atoms with Crippen LogP contribution in [0.4, 0.5) is 17.3 Å². The average Bonchev–Trinajstić information content (AvgIpc) is 3.15. The SMILES string of the molecule is Nc1c(NCc2ccccc2Cl)ncnc1NNC(=O)c1ccco1. The zero-order chi connectivity index (χ0) is 17.6. The van der Waals surface area contributed by atoms with E-state index in [1.807, 2.05) is 18.2 Å². The van der Waals surface area contributed by atoms with E-state index in [0.29, 0.717) is 17.4 Å². The first-order chi connectivity index (χ1) is 12.1. The van der Waals surface area contributed by atoms with Crippen molar-refractivity contribution < 1.29 is 9.21 Å². The molecule has 25 heavy (non-hydrogen) atoms. The molecule has 9 heteroatoms. The van der Waals surface area contributed by atoms with Gasteiger partial charge in [0.15, 0.2) is 17.4 Å². The number of amides is 1. The van der Waals surface area contributed by atoms with Crippen molar-refractivity contribution in [2.24, 2.45) is 0 Å². The number of nitrogens with two attached hydrogens (primary N) is 1. The number of carbonyl (C=O) groups excluding carboxylic acids is 1. The van der Waals surface area contributed by atoms with E-state index in [9.17, 15) is 4.79 Å². The lowest BCUT2D eigenvalue weighted by Gasteiger charge is -2.13. The number of anilines is 3.